The molecule has 1 fully saturated rings. The zero-order chi connectivity index (χ0) is 18.0. The molecule has 3 aliphatic rings. The van der Waals surface area contributed by atoms with Gasteiger partial charge in [0.25, 0.3) is 0 Å². The molecule has 0 saturated carbocycles. The van der Waals surface area contributed by atoms with Crippen molar-refractivity contribution in [1.29, 1.82) is 0 Å². The fraction of sp³-hybridized carbons (Fsp3) is 0.158. The van der Waals surface area contributed by atoms with E-state index in [0.717, 1.165) is 23.4 Å². The molecule has 2 atom stereocenters. The second-order valence-corrected chi connectivity index (χ2v) is 16.6. The molecule has 2 aromatic carbocycles. The van der Waals surface area contributed by atoms with E-state index in [1.807, 2.05) is 12.1 Å². The number of nitrogens with one attached hydrogen (secondary N) is 1. The van der Waals surface area contributed by atoms with E-state index in [-0.39, 0.29) is 20.1 Å². The number of benzene rings is 2. The number of carbonyl (C=O) groups is 2. The van der Waals surface area contributed by atoms with Gasteiger partial charge in [0.1, 0.15) is 0 Å². The van der Waals surface area contributed by atoms with Crippen LogP contribution in [0.1, 0.15) is 20.4 Å². The molecule has 2 aromatic rings. The summed E-state index contributed by atoms with van der Waals surface area (Å²) in [7, 11) is 0. The maximum atomic E-state index is 14.1. The Morgan fingerprint density at radius 3 is 2.69 bits per heavy atom. The number of rotatable bonds is 3. The van der Waals surface area contributed by atoms with Crippen LogP contribution in [0.3, 0.4) is 0 Å². The van der Waals surface area contributed by atoms with Crippen molar-refractivity contribution in [2.75, 3.05) is 0 Å². The molecule has 5 rings (SSSR count). The van der Waals surface area contributed by atoms with Gasteiger partial charge in [0.15, 0.2) is 0 Å². The molecule has 26 heavy (non-hydrogen) atoms. The number of halogens is 2. The number of imide groups is 1. The molecule has 1 saturated heterocycles. The first-order valence-electron chi connectivity index (χ1n) is 8.31. The average molecular weight is 471 g/mol. The van der Waals surface area contributed by atoms with Gasteiger partial charge in [0.05, 0.1) is 0 Å². The average Bonchev–Trinajstić information content (AvgIpc) is 3.16. The summed E-state index contributed by atoms with van der Waals surface area (Å²) in [5.41, 5.74) is 2.81. The van der Waals surface area contributed by atoms with Crippen LogP contribution in [0.5, 0.6) is 0 Å². The van der Waals surface area contributed by atoms with Crippen LogP contribution in [-0.2, 0) is 11.2 Å². The monoisotopic (exact) mass is 471 g/mol. The fourth-order valence-electron chi connectivity index (χ4n) is 4.40. The summed E-state index contributed by atoms with van der Waals surface area (Å²) in [6, 6.07) is 9.85. The summed E-state index contributed by atoms with van der Waals surface area (Å²) in [6.07, 6.45) is 2.59. The second kappa shape index (κ2) is 5.96. The van der Waals surface area contributed by atoms with Crippen LogP contribution in [0.15, 0.2) is 39.7 Å². The summed E-state index contributed by atoms with van der Waals surface area (Å²) >= 11 is -1.55. The number of hydrogen-bond acceptors (Lipinski definition) is 3. The van der Waals surface area contributed by atoms with E-state index in [0.29, 0.717) is 12.0 Å². The molecule has 128 valence electrons. The van der Waals surface area contributed by atoms with Crippen molar-refractivity contribution in [3.8, 4) is 0 Å². The van der Waals surface area contributed by atoms with Gasteiger partial charge in [-0.3, -0.25) is 0 Å². The SMILES string of the molecule is O=C1NC(=O)C([CH]2c3ccc[c]4c3C=[C](Cc3ccc(F)cc3F)[In]42)S1. The van der Waals surface area contributed by atoms with Gasteiger partial charge in [-0.2, -0.15) is 0 Å². The van der Waals surface area contributed by atoms with Gasteiger partial charge in [-0.15, -0.1) is 0 Å². The van der Waals surface area contributed by atoms with Gasteiger partial charge in [-0.25, -0.2) is 0 Å². The molecule has 2 amide bonds. The van der Waals surface area contributed by atoms with Crippen molar-refractivity contribution >= 4 is 53.7 Å². The Bertz CT molecular complexity index is 1020. The van der Waals surface area contributed by atoms with Crippen LogP contribution in [-0.4, -0.2) is 37.8 Å². The van der Waals surface area contributed by atoms with E-state index < -0.39 is 33.1 Å². The molecule has 3 nitrogen and oxygen atoms in total. The minimum absolute atomic E-state index is 0.0803. The molecule has 3 aliphatic heterocycles. The van der Waals surface area contributed by atoms with Gasteiger partial charge in [-0.1, -0.05) is 0 Å². The van der Waals surface area contributed by atoms with Crippen LogP contribution in [0, 0.1) is 11.6 Å². The van der Waals surface area contributed by atoms with Crippen molar-refractivity contribution in [3.05, 3.63) is 68.1 Å². The normalized spacial score (nSPS) is 22.8. The molecule has 1 N–H and O–H groups in total. The molecule has 0 aromatic heterocycles. The molecule has 4 bridgehead atoms. The van der Waals surface area contributed by atoms with Crippen LogP contribution in [0.4, 0.5) is 13.6 Å². The fourth-order valence-corrected chi connectivity index (χ4v) is 18.7. The maximum absolute atomic E-state index is 14.1. The Morgan fingerprint density at radius 2 is 2.00 bits per heavy atom. The molecule has 0 radical (unpaired) electrons. The second-order valence-electron chi connectivity index (χ2n) is 6.80. The predicted octanol–water partition coefficient (Wildman–Crippen LogP) is 2.83. The van der Waals surface area contributed by atoms with E-state index >= 15 is 0 Å². The Kier molecular flexibility index (Phi) is 3.79. The van der Waals surface area contributed by atoms with Gasteiger partial charge < -0.3 is 0 Å². The Balaban J connectivity index is 1.53. The molecule has 0 spiro atoms. The molecular weight excluding hydrogens is 459 g/mol. The first-order chi connectivity index (χ1) is 12.5. The van der Waals surface area contributed by atoms with Crippen molar-refractivity contribution in [3.63, 3.8) is 0 Å². The van der Waals surface area contributed by atoms with Gasteiger partial charge in [-0.05, 0) is 0 Å². The van der Waals surface area contributed by atoms with E-state index in [1.54, 1.807) is 0 Å². The Hall–Kier alpha value is -1.60. The van der Waals surface area contributed by atoms with E-state index in [1.165, 1.54) is 24.3 Å². The quantitative estimate of drug-likeness (QED) is 0.750. The van der Waals surface area contributed by atoms with E-state index in [2.05, 4.69) is 17.5 Å². The van der Waals surface area contributed by atoms with Crippen LogP contribution >= 0.6 is 11.8 Å². The topological polar surface area (TPSA) is 46.2 Å². The summed E-state index contributed by atoms with van der Waals surface area (Å²) < 4.78 is 29.9. The number of amides is 2. The van der Waals surface area contributed by atoms with Crippen molar-refractivity contribution in [2.24, 2.45) is 0 Å². The first kappa shape index (κ1) is 16.6. The summed E-state index contributed by atoms with van der Waals surface area (Å²) in [6.45, 7) is 0. The number of hydrogen-bond donors (Lipinski definition) is 1. The van der Waals surface area contributed by atoms with Gasteiger partial charge in [0, 0.05) is 0 Å². The molecule has 2 unspecified atom stereocenters. The minimum atomic E-state index is -2.63. The molecule has 0 aliphatic carbocycles. The summed E-state index contributed by atoms with van der Waals surface area (Å²) in [5, 5.41) is 1.72. The molecule has 7 heteroatoms. The zero-order valence-electron chi connectivity index (χ0n) is 13.5. The Morgan fingerprint density at radius 1 is 1.15 bits per heavy atom. The molecule has 3 heterocycles. The predicted molar refractivity (Wildman–Crippen MR) is 97.5 cm³/mol. The number of thioether (sulfide) groups is 1. The van der Waals surface area contributed by atoms with Crippen LogP contribution in [0.25, 0.3) is 6.08 Å². The third-order valence-electron chi connectivity index (χ3n) is 5.41. The Labute approximate surface area is 160 Å². The number of carbonyl (C=O) groups excluding carboxylic acids is 2. The first-order valence-corrected chi connectivity index (χ1v) is 14.4. The van der Waals surface area contributed by atoms with Crippen LogP contribution in [0.2, 0.25) is 0 Å². The van der Waals surface area contributed by atoms with Crippen molar-refractivity contribution in [2.45, 2.75) is 15.3 Å². The third kappa shape index (κ3) is 2.40. The van der Waals surface area contributed by atoms with Crippen LogP contribution < -0.4 is 8.64 Å². The standard InChI is InChI=1S/C19H12F2NO2S.In/c20-15-9-8-13(16(21)11-15)7-3-6-12-4-1-2-5-14(12)10-17-18(23)22-19(24)25-17;/h1-2,5-6,8-11,17H,7H2,(H,22,23,24);. The van der Waals surface area contributed by atoms with Crippen molar-refractivity contribution < 1.29 is 18.4 Å². The van der Waals surface area contributed by atoms with Gasteiger partial charge in [0.2, 0.25) is 0 Å². The van der Waals surface area contributed by atoms with Gasteiger partial charge >= 0.3 is 161 Å². The summed E-state index contributed by atoms with van der Waals surface area (Å²) in [4.78, 5) is 24.0. The van der Waals surface area contributed by atoms with Crippen molar-refractivity contribution in [1.82, 2.24) is 5.32 Å². The summed E-state index contributed by atoms with van der Waals surface area (Å²) in [5.74, 6) is -1.33. The zero-order valence-corrected chi connectivity index (χ0v) is 17.6. The molecular formula is C19H12F2InNO2S. The third-order valence-corrected chi connectivity index (χ3v) is 18.1. The van der Waals surface area contributed by atoms with E-state index in [9.17, 15) is 18.4 Å². The van der Waals surface area contributed by atoms with E-state index in [4.69, 9.17) is 0 Å². The number of allylic oxidation sites excluding steroid dienone is 1.